The van der Waals surface area contributed by atoms with Gasteiger partial charge in [0.05, 0.1) is 12.8 Å². The van der Waals surface area contributed by atoms with Gasteiger partial charge in [-0.1, -0.05) is 29.8 Å². The molecule has 1 aromatic carbocycles. The first-order valence-electron chi connectivity index (χ1n) is 5.73. The van der Waals surface area contributed by atoms with Crippen molar-refractivity contribution in [3.63, 3.8) is 0 Å². The van der Waals surface area contributed by atoms with E-state index in [1.165, 1.54) is 6.33 Å². The third-order valence-electron chi connectivity index (χ3n) is 2.29. The van der Waals surface area contributed by atoms with Gasteiger partial charge in [0.15, 0.2) is 0 Å². The van der Waals surface area contributed by atoms with Gasteiger partial charge in [-0.2, -0.15) is 0 Å². The van der Waals surface area contributed by atoms with Crippen molar-refractivity contribution in [2.24, 2.45) is 0 Å². The highest BCUT2D eigenvalue weighted by Crippen LogP contribution is 2.15. The van der Waals surface area contributed by atoms with Crippen LogP contribution in [0.1, 0.15) is 6.42 Å². The van der Waals surface area contributed by atoms with E-state index in [0.717, 1.165) is 18.7 Å². The van der Waals surface area contributed by atoms with Gasteiger partial charge in [0.1, 0.15) is 22.9 Å². The van der Waals surface area contributed by atoms with Gasteiger partial charge in [0.25, 0.3) is 0 Å². The van der Waals surface area contributed by atoms with Crippen molar-refractivity contribution >= 4 is 17.4 Å². The van der Waals surface area contributed by atoms with Crippen molar-refractivity contribution in [1.29, 1.82) is 0 Å². The van der Waals surface area contributed by atoms with Gasteiger partial charge in [0.2, 0.25) is 0 Å². The van der Waals surface area contributed by atoms with Crippen molar-refractivity contribution in [3.05, 3.63) is 47.9 Å². The van der Waals surface area contributed by atoms with Crippen LogP contribution in [0.4, 0.5) is 5.82 Å². The summed E-state index contributed by atoms with van der Waals surface area (Å²) >= 11 is 5.91. The summed E-state index contributed by atoms with van der Waals surface area (Å²) < 4.78 is 5.57. The Hall–Kier alpha value is -1.81. The molecule has 94 valence electrons. The number of anilines is 1. The molecular weight excluding hydrogens is 250 g/mol. The topological polar surface area (TPSA) is 47.0 Å². The molecule has 4 nitrogen and oxygen atoms in total. The van der Waals surface area contributed by atoms with Gasteiger partial charge >= 0.3 is 0 Å². The van der Waals surface area contributed by atoms with E-state index in [4.69, 9.17) is 16.3 Å². The van der Waals surface area contributed by atoms with Crippen LogP contribution in [0, 0.1) is 0 Å². The van der Waals surface area contributed by atoms with Crippen molar-refractivity contribution in [2.75, 3.05) is 18.5 Å². The largest absolute Gasteiger partial charge is 0.494 e. The van der Waals surface area contributed by atoms with Crippen LogP contribution in [0.25, 0.3) is 0 Å². The van der Waals surface area contributed by atoms with E-state index in [1.807, 2.05) is 30.3 Å². The van der Waals surface area contributed by atoms with Gasteiger partial charge in [0, 0.05) is 6.54 Å². The van der Waals surface area contributed by atoms with Gasteiger partial charge in [-0.05, 0) is 18.6 Å². The molecule has 1 aromatic heterocycles. The van der Waals surface area contributed by atoms with Crippen molar-refractivity contribution in [1.82, 2.24) is 9.97 Å². The predicted octanol–water partition coefficient (Wildman–Crippen LogP) is 3.01. The van der Waals surface area contributed by atoms with Crippen LogP contribution in [-0.4, -0.2) is 23.1 Å². The Labute approximate surface area is 111 Å². The van der Waals surface area contributed by atoms with Gasteiger partial charge in [-0.15, -0.1) is 0 Å². The molecule has 2 rings (SSSR count). The van der Waals surface area contributed by atoms with Crippen LogP contribution in [0.3, 0.4) is 0 Å². The van der Waals surface area contributed by atoms with Crippen molar-refractivity contribution < 1.29 is 4.74 Å². The lowest BCUT2D eigenvalue weighted by Crippen LogP contribution is -2.08. The van der Waals surface area contributed by atoms with E-state index < -0.39 is 0 Å². The smallest absolute Gasteiger partial charge is 0.148 e. The Kier molecular flexibility index (Phi) is 4.78. The fourth-order valence-electron chi connectivity index (χ4n) is 1.43. The monoisotopic (exact) mass is 263 g/mol. The second kappa shape index (κ2) is 6.81. The molecule has 0 amide bonds. The maximum Gasteiger partial charge on any atom is 0.148 e. The third kappa shape index (κ3) is 3.89. The fourth-order valence-corrected chi connectivity index (χ4v) is 1.60. The number of aromatic nitrogens is 2. The summed E-state index contributed by atoms with van der Waals surface area (Å²) in [5, 5.41) is 3.67. The Morgan fingerprint density at radius 3 is 2.83 bits per heavy atom. The van der Waals surface area contributed by atoms with Crippen LogP contribution < -0.4 is 10.1 Å². The second-order valence-electron chi connectivity index (χ2n) is 3.66. The Bertz CT molecular complexity index is 479. The summed E-state index contributed by atoms with van der Waals surface area (Å²) in [7, 11) is 0. The van der Waals surface area contributed by atoms with Crippen LogP contribution in [0.5, 0.6) is 5.75 Å². The lowest BCUT2D eigenvalue weighted by molar-refractivity contribution is 0.315. The molecule has 0 aliphatic heterocycles. The standard InChI is InChI=1S/C13H14ClN3O/c14-12-9-15-10-17-13(12)16-7-4-8-18-11-5-2-1-3-6-11/h1-3,5-6,9-10H,4,7-8H2,(H,15,16,17). The van der Waals surface area contributed by atoms with Crippen LogP contribution in [0.2, 0.25) is 5.02 Å². The average Bonchev–Trinajstić information content (AvgIpc) is 2.42. The van der Waals surface area contributed by atoms with Gasteiger partial charge in [-0.25, -0.2) is 9.97 Å². The van der Waals surface area contributed by atoms with Crippen LogP contribution >= 0.6 is 11.6 Å². The minimum atomic E-state index is 0.529. The molecule has 0 radical (unpaired) electrons. The molecule has 1 heterocycles. The minimum absolute atomic E-state index is 0.529. The van der Waals surface area contributed by atoms with E-state index in [-0.39, 0.29) is 0 Å². The van der Waals surface area contributed by atoms with Crippen molar-refractivity contribution in [2.45, 2.75) is 6.42 Å². The second-order valence-corrected chi connectivity index (χ2v) is 4.07. The van der Waals surface area contributed by atoms with E-state index >= 15 is 0 Å². The highest BCUT2D eigenvalue weighted by Gasteiger charge is 1.99. The van der Waals surface area contributed by atoms with E-state index in [9.17, 15) is 0 Å². The van der Waals surface area contributed by atoms with E-state index in [1.54, 1.807) is 6.20 Å². The molecule has 2 aromatic rings. The summed E-state index contributed by atoms with van der Waals surface area (Å²) in [4.78, 5) is 7.86. The fraction of sp³-hybridized carbons (Fsp3) is 0.231. The molecule has 0 aliphatic carbocycles. The molecule has 0 saturated carbocycles. The average molecular weight is 264 g/mol. The molecule has 1 N–H and O–H groups in total. The lowest BCUT2D eigenvalue weighted by atomic mass is 10.3. The first-order valence-corrected chi connectivity index (χ1v) is 6.11. The summed E-state index contributed by atoms with van der Waals surface area (Å²) in [6.45, 7) is 1.41. The molecule has 18 heavy (non-hydrogen) atoms. The lowest BCUT2D eigenvalue weighted by Gasteiger charge is -2.08. The zero-order chi connectivity index (χ0) is 12.6. The number of rotatable bonds is 6. The molecule has 0 atom stereocenters. The molecule has 5 heteroatoms. The Morgan fingerprint density at radius 1 is 1.22 bits per heavy atom. The maximum absolute atomic E-state index is 5.91. The predicted molar refractivity (Wildman–Crippen MR) is 72.1 cm³/mol. The normalized spacial score (nSPS) is 10.1. The Morgan fingerprint density at radius 2 is 2.06 bits per heavy atom. The summed E-state index contributed by atoms with van der Waals surface area (Å²) in [5.41, 5.74) is 0. The zero-order valence-electron chi connectivity index (χ0n) is 9.84. The first kappa shape index (κ1) is 12.6. The number of para-hydroxylation sites is 1. The van der Waals surface area contributed by atoms with Crippen molar-refractivity contribution in [3.8, 4) is 5.75 Å². The number of hydrogen-bond acceptors (Lipinski definition) is 4. The summed E-state index contributed by atoms with van der Waals surface area (Å²) in [6, 6.07) is 9.75. The third-order valence-corrected chi connectivity index (χ3v) is 2.57. The SMILES string of the molecule is Clc1cncnc1NCCCOc1ccccc1. The zero-order valence-corrected chi connectivity index (χ0v) is 10.6. The number of halogens is 1. The quantitative estimate of drug-likeness (QED) is 0.814. The first-order chi connectivity index (χ1) is 8.86. The summed E-state index contributed by atoms with van der Waals surface area (Å²) in [5.74, 6) is 1.55. The maximum atomic E-state index is 5.91. The molecule has 0 aliphatic rings. The van der Waals surface area contributed by atoms with Crippen LogP contribution in [0.15, 0.2) is 42.9 Å². The minimum Gasteiger partial charge on any atom is -0.494 e. The van der Waals surface area contributed by atoms with E-state index in [2.05, 4.69) is 15.3 Å². The molecular formula is C13H14ClN3O. The summed E-state index contributed by atoms with van der Waals surface area (Å²) in [6.07, 6.45) is 3.90. The molecule has 0 fully saturated rings. The number of benzene rings is 1. The number of nitrogens with zero attached hydrogens (tertiary/aromatic N) is 2. The van der Waals surface area contributed by atoms with Gasteiger partial charge < -0.3 is 10.1 Å². The number of nitrogens with one attached hydrogen (secondary N) is 1. The number of hydrogen-bond donors (Lipinski definition) is 1. The highest BCUT2D eigenvalue weighted by atomic mass is 35.5. The Balaban J connectivity index is 1.66. The highest BCUT2D eigenvalue weighted by molar-refractivity contribution is 6.32. The van der Waals surface area contributed by atoms with Gasteiger partial charge in [-0.3, -0.25) is 0 Å². The number of ether oxygens (including phenoxy) is 1. The molecule has 0 bridgehead atoms. The van der Waals surface area contributed by atoms with Crippen LogP contribution in [-0.2, 0) is 0 Å². The molecule has 0 spiro atoms. The molecule has 0 unspecified atom stereocenters. The van der Waals surface area contributed by atoms with E-state index in [0.29, 0.717) is 17.4 Å². The molecule has 0 saturated heterocycles.